The number of hydrogen-bond donors (Lipinski definition) is 2. The molecule has 6 nitrogen and oxygen atoms in total. The van der Waals surface area contributed by atoms with Crippen LogP contribution in [0.25, 0.3) is 0 Å². The van der Waals surface area contributed by atoms with Gasteiger partial charge >= 0.3 is 0 Å². The van der Waals surface area contributed by atoms with Crippen molar-refractivity contribution in [3.63, 3.8) is 0 Å². The van der Waals surface area contributed by atoms with E-state index in [9.17, 15) is 5.11 Å². The third-order valence-corrected chi connectivity index (χ3v) is 2.16. The molecule has 2 heterocycles. The van der Waals surface area contributed by atoms with Crippen LogP contribution in [0, 0.1) is 0 Å². The lowest BCUT2D eigenvalue weighted by Crippen LogP contribution is -2.10. The Morgan fingerprint density at radius 3 is 3.13 bits per heavy atom. The van der Waals surface area contributed by atoms with Crippen LogP contribution in [0.5, 0.6) is 0 Å². The molecular formula is C9H13N5O. The quantitative estimate of drug-likeness (QED) is 0.764. The van der Waals surface area contributed by atoms with E-state index in [0.29, 0.717) is 11.4 Å². The van der Waals surface area contributed by atoms with Gasteiger partial charge in [0, 0.05) is 18.3 Å². The van der Waals surface area contributed by atoms with Gasteiger partial charge in [0.05, 0.1) is 6.20 Å². The van der Waals surface area contributed by atoms with Crippen molar-refractivity contribution in [2.24, 2.45) is 0 Å². The molecule has 1 unspecified atom stereocenters. The van der Waals surface area contributed by atoms with E-state index in [-0.39, 0.29) is 0 Å². The number of H-pyrrole nitrogens is 1. The lowest BCUT2D eigenvalue weighted by molar-refractivity contribution is 0.202. The van der Waals surface area contributed by atoms with Crippen molar-refractivity contribution < 1.29 is 5.11 Å². The molecule has 0 aliphatic heterocycles. The Labute approximate surface area is 87.0 Å². The SMILES string of the molecule is CCCn1ncnc1C(O)c1cn[nH]c1. The molecule has 0 amide bonds. The molecule has 0 saturated carbocycles. The molecule has 1 atom stereocenters. The first-order valence-corrected chi connectivity index (χ1v) is 4.87. The van der Waals surface area contributed by atoms with Gasteiger partial charge in [0.25, 0.3) is 0 Å². The summed E-state index contributed by atoms with van der Waals surface area (Å²) in [5, 5.41) is 20.5. The summed E-state index contributed by atoms with van der Waals surface area (Å²) in [6, 6.07) is 0. The highest BCUT2D eigenvalue weighted by Gasteiger charge is 2.17. The molecule has 0 saturated heterocycles. The molecule has 80 valence electrons. The van der Waals surface area contributed by atoms with E-state index in [1.165, 1.54) is 6.33 Å². The zero-order valence-corrected chi connectivity index (χ0v) is 8.46. The molecule has 0 fully saturated rings. The van der Waals surface area contributed by atoms with Gasteiger partial charge in [0.15, 0.2) is 5.82 Å². The third-order valence-electron chi connectivity index (χ3n) is 2.16. The van der Waals surface area contributed by atoms with Crippen molar-refractivity contribution in [2.75, 3.05) is 0 Å². The number of nitrogens with zero attached hydrogens (tertiary/aromatic N) is 4. The van der Waals surface area contributed by atoms with Crippen molar-refractivity contribution in [3.05, 3.63) is 30.1 Å². The first kappa shape index (κ1) is 9.85. The normalized spacial score (nSPS) is 12.9. The van der Waals surface area contributed by atoms with Gasteiger partial charge in [-0.25, -0.2) is 9.67 Å². The Morgan fingerprint density at radius 1 is 1.60 bits per heavy atom. The van der Waals surface area contributed by atoms with Crippen LogP contribution in [-0.4, -0.2) is 30.1 Å². The Morgan fingerprint density at radius 2 is 2.47 bits per heavy atom. The zero-order valence-electron chi connectivity index (χ0n) is 8.46. The maximum atomic E-state index is 9.99. The van der Waals surface area contributed by atoms with Crippen LogP contribution in [-0.2, 0) is 6.54 Å². The van der Waals surface area contributed by atoms with E-state index in [1.54, 1.807) is 17.1 Å². The van der Waals surface area contributed by atoms with Crippen molar-refractivity contribution in [1.82, 2.24) is 25.0 Å². The van der Waals surface area contributed by atoms with Crippen molar-refractivity contribution in [3.8, 4) is 0 Å². The van der Waals surface area contributed by atoms with E-state index in [4.69, 9.17) is 0 Å². The van der Waals surface area contributed by atoms with E-state index in [0.717, 1.165) is 13.0 Å². The highest BCUT2D eigenvalue weighted by Crippen LogP contribution is 2.18. The van der Waals surface area contributed by atoms with Crippen LogP contribution in [0.15, 0.2) is 18.7 Å². The van der Waals surface area contributed by atoms with Gasteiger partial charge in [-0.15, -0.1) is 0 Å². The molecule has 6 heteroatoms. The molecule has 0 aromatic carbocycles. The predicted octanol–water partition coefficient (Wildman–Crippen LogP) is 0.493. The first-order valence-electron chi connectivity index (χ1n) is 4.87. The molecule has 0 aliphatic rings. The molecule has 0 spiro atoms. The van der Waals surface area contributed by atoms with Gasteiger partial charge in [0.2, 0.25) is 0 Å². The molecule has 2 aromatic rings. The Bertz CT molecular complexity index is 408. The number of aliphatic hydroxyl groups excluding tert-OH is 1. The Hall–Kier alpha value is -1.69. The molecule has 2 N–H and O–H groups in total. The number of hydrogen-bond acceptors (Lipinski definition) is 4. The average Bonchev–Trinajstić information content (AvgIpc) is 2.87. The van der Waals surface area contributed by atoms with E-state index in [1.807, 2.05) is 0 Å². The molecule has 0 radical (unpaired) electrons. The molecule has 0 aliphatic carbocycles. The summed E-state index contributed by atoms with van der Waals surface area (Å²) < 4.78 is 1.71. The number of aromatic amines is 1. The van der Waals surface area contributed by atoms with E-state index in [2.05, 4.69) is 27.2 Å². The fourth-order valence-corrected chi connectivity index (χ4v) is 1.43. The summed E-state index contributed by atoms with van der Waals surface area (Å²) in [5.74, 6) is 0.554. The fraction of sp³-hybridized carbons (Fsp3) is 0.444. The number of rotatable bonds is 4. The summed E-state index contributed by atoms with van der Waals surface area (Å²) in [5.41, 5.74) is 0.695. The van der Waals surface area contributed by atoms with Crippen LogP contribution < -0.4 is 0 Å². The second-order valence-corrected chi connectivity index (χ2v) is 3.28. The molecule has 2 rings (SSSR count). The molecule has 15 heavy (non-hydrogen) atoms. The number of nitrogens with one attached hydrogen (secondary N) is 1. The predicted molar refractivity (Wildman–Crippen MR) is 53.0 cm³/mol. The van der Waals surface area contributed by atoms with Crippen LogP contribution in [0.2, 0.25) is 0 Å². The minimum Gasteiger partial charge on any atom is -0.380 e. The highest BCUT2D eigenvalue weighted by molar-refractivity contribution is 5.15. The van der Waals surface area contributed by atoms with E-state index < -0.39 is 6.10 Å². The van der Waals surface area contributed by atoms with Gasteiger partial charge in [-0.3, -0.25) is 5.10 Å². The summed E-state index contributed by atoms with van der Waals surface area (Å²) in [6.07, 6.45) is 4.87. The summed E-state index contributed by atoms with van der Waals surface area (Å²) in [6.45, 7) is 2.81. The lowest BCUT2D eigenvalue weighted by atomic mass is 10.2. The summed E-state index contributed by atoms with van der Waals surface area (Å²) in [4.78, 5) is 4.05. The largest absolute Gasteiger partial charge is 0.380 e. The van der Waals surface area contributed by atoms with Crippen molar-refractivity contribution in [1.29, 1.82) is 0 Å². The smallest absolute Gasteiger partial charge is 0.160 e. The second-order valence-electron chi connectivity index (χ2n) is 3.28. The molecular weight excluding hydrogens is 194 g/mol. The molecule has 0 bridgehead atoms. The van der Waals surface area contributed by atoms with Crippen LogP contribution in [0.3, 0.4) is 0 Å². The maximum Gasteiger partial charge on any atom is 0.160 e. The topological polar surface area (TPSA) is 79.6 Å². The van der Waals surface area contributed by atoms with E-state index >= 15 is 0 Å². The number of aryl methyl sites for hydroxylation is 1. The van der Waals surface area contributed by atoms with Crippen LogP contribution in [0.1, 0.15) is 30.8 Å². The van der Waals surface area contributed by atoms with Crippen molar-refractivity contribution in [2.45, 2.75) is 26.0 Å². The lowest BCUT2D eigenvalue weighted by Gasteiger charge is -2.09. The van der Waals surface area contributed by atoms with Gasteiger partial charge in [0.1, 0.15) is 12.4 Å². The van der Waals surface area contributed by atoms with Crippen LogP contribution >= 0.6 is 0 Å². The zero-order chi connectivity index (χ0) is 10.7. The van der Waals surface area contributed by atoms with Crippen molar-refractivity contribution >= 4 is 0 Å². The number of aromatic nitrogens is 5. The monoisotopic (exact) mass is 207 g/mol. The summed E-state index contributed by atoms with van der Waals surface area (Å²) >= 11 is 0. The third kappa shape index (κ3) is 1.89. The number of aliphatic hydroxyl groups is 1. The fourth-order valence-electron chi connectivity index (χ4n) is 1.43. The molecule has 2 aromatic heterocycles. The van der Waals surface area contributed by atoms with Gasteiger partial charge in [-0.1, -0.05) is 6.92 Å². The average molecular weight is 207 g/mol. The Balaban J connectivity index is 2.25. The maximum absolute atomic E-state index is 9.99. The summed E-state index contributed by atoms with van der Waals surface area (Å²) in [7, 11) is 0. The minimum atomic E-state index is -0.766. The van der Waals surface area contributed by atoms with Gasteiger partial charge in [-0.05, 0) is 6.42 Å². The first-order chi connectivity index (χ1) is 7.33. The van der Waals surface area contributed by atoms with Gasteiger partial charge in [-0.2, -0.15) is 10.2 Å². The minimum absolute atomic E-state index is 0.554. The standard InChI is InChI=1S/C9H13N5O/c1-2-3-14-9(10-6-13-14)8(15)7-4-11-12-5-7/h4-6,8,15H,2-3H2,1H3,(H,11,12). The second kappa shape index (κ2) is 4.22. The Kier molecular flexibility index (Phi) is 2.77. The highest BCUT2D eigenvalue weighted by atomic mass is 16.3. The van der Waals surface area contributed by atoms with Gasteiger partial charge < -0.3 is 5.11 Å². The van der Waals surface area contributed by atoms with Crippen LogP contribution in [0.4, 0.5) is 0 Å².